The Kier molecular flexibility index (Phi) is 3.99. The van der Waals surface area contributed by atoms with Gasteiger partial charge in [-0.1, -0.05) is 0 Å². The predicted octanol–water partition coefficient (Wildman–Crippen LogP) is 2.26. The molecule has 104 valence electrons. The maximum absolute atomic E-state index is 10.2. The van der Waals surface area contributed by atoms with E-state index in [0.717, 1.165) is 29.2 Å². The fourth-order valence-corrected chi connectivity index (χ4v) is 2.01. The molecule has 0 aliphatic rings. The van der Waals surface area contributed by atoms with Gasteiger partial charge in [0.25, 0.3) is 0 Å². The van der Waals surface area contributed by atoms with E-state index in [9.17, 15) is 5.21 Å². The van der Waals surface area contributed by atoms with Crippen molar-refractivity contribution in [3.63, 3.8) is 0 Å². The highest BCUT2D eigenvalue weighted by atomic mass is 16.5. The molecule has 0 bridgehead atoms. The summed E-state index contributed by atoms with van der Waals surface area (Å²) in [6, 6.07) is 3.85. The van der Waals surface area contributed by atoms with Gasteiger partial charge in [0.05, 0.1) is 11.4 Å². The number of nitrogens with zero attached hydrogens (tertiary/aromatic N) is 2. The number of hydrogen-bond donors (Lipinski definition) is 3. The van der Waals surface area contributed by atoms with Crippen molar-refractivity contribution in [3.05, 3.63) is 17.8 Å². The molecule has 2 aromatic rings. The van der Waals surface area contributed by atoms with Gasteiger partial charge in [-0.05, 0) is 32.9 Å². The minimum atomic E-state index is 0.210. The van der Waals surface area contributed by atoms with Crippen LogP contribution in [0.1, 0.15) is 20.8 Å². The molecule has 0 saturated heterocycles. The van der Waals surface area contributed by atoms with E-state index >= 15 is 0 Å². The van der Waals surface area contributed by atoms with E-state index in [1.54, 1.807) is 0 Å². The zero-order chi connectivity index (χ0) is 13.8. The van der Waals surface area contributed by atoms with Crippen LogP contribution >= 0.6 is 0 Å². The Morgan fingerprint density at radius 1 is 1.16 bits per heavy atom. The van der Waals surface area contributed by atoms with Gasteiger partial charge in [0.2, 0.25) is 0 Å². The van der Waals surface area contributed by atoms with Crippen molar-refractivity contribution in [2.24, 2.45) is 4.99 Å². The molecule has 1 aromatic carbocycles. The zero-order valence-corrected chi connectivity index (χ0v) is 11.5. The molecule has 0 amide bonds. The van der Waals surface area contributed by atoms with Crippen LogP contribution in [0.25, 0.3) is 11.1 Å². The average molecular weight is 264 g/mol. The molecule has 3 N–H and O–H groups in total. The first-order valence-corrected chi connectivity index (χ1v) is 6.58. The highest BCUT2D eigenvalue weighted by Gasteiger charge is 2.15. The Labute approximate surface area is 111 Å². The van der Waals surface area contributed by atoms with Gasteiger partial charge in [0, 0.05) is 19.6 Å². The van der Waals surface area contributed by atoms with Crippen molar-refractivity contribution in [1.82, 2.24) is 4.73 Å². The summed E-state index contributed by atoms with van der Waals surface area (Å²) < 4.78 is 6.65. The second kappa shape index (κ2) is 5.69. The van der Waals surface area contributed by atoms with Crippen molar-refractivity contribution < 1.29 is 9.62 Å². The van der Waals surface area contributed by atoms with Crippen LogP contribution in [0.3, 0.4) is 0 Å². The number of hydrogen-bond acceptors (Lipinski definition) is 5. The quantitative estimate of drug-likeness (QED) is 0.724. The smallest absolute Gasteiger partial charge is 0.331 e. The van der Waals surface area contributed by atoms with Gasteiger partial charge >= 0.3 is 5.68 Å². The van der Waals surface area contributed by atoms with Crippen LogP contribution in [0.4, 0.5) is 11.4 Å². The SMILES string of the molecule is CCN=c1oc2c(NCC)ccc(NCC)c2n1O. The van der Waals surface area contributed by atoms with Gasteiger partial charge in [-0.3, -0.25) is 0 Å². The largest absolute Gasteiger partial charge is 0.423 e. The average Bonchev–Trinajstić information content (AvgIpc) is 2.72. The first kappa shape index (κ1) is 13.3. The zero-order valence-electron chi connectivity index (χ0n) is 11.5. The molecule has 0 fully saturated rings. The number of oxazole rings is 1. The van der Waals surface area contributed by atoms with Crippen LogP contribution in [-0.2, 0) is 0 Å². The standard InChI is InChI=1S/C13H20N4O2/c1-4-14-9-7-8-10(15-5-2)12-11(9)17(18)13(19-12)16-6-3/h7-8,14-15,18H,4-6H2,1-3H3. The van der Waals surface area contributed by atoms with E-state index in [0.29, 0.717) is 17.6 Å². The Bertz CT molecular complexity index is 627. The van der Waals surface area contributed by atoms with E-state index in [2.05, 4.69) is 15.6 Å². The van der Waals surface area contributed by atoms with E-state index in [4.69, 9.17) is 4.42 Å². The molecule has 0 aliphatic heterocycles. The molecule has 1 heterocycles. The fraction of sp³-hybridized carbons (Fsp3) is 0.462. The highest BCUT2D eigenvalue weighted by Crippen LogP contribution is 2.29. The number of fused-ring (bicyclic) bond motifs is 1. The lowest BCUT2D eigenvalue weighted by Gasteiger charge is -2.08. The van der Waals surface area contributed by atoms with E-state index in [-0.39, 0.29) is 5.68 Å². The molecule has 6 nitrogen and oxygen atoms in total. The summed E-state index contributed by atoms with van der Waals surface area (Å²) in [5.41, 5.74) is 3.09. The Hall–Kier alpha value is -2.11. The second-order valence-corrected chi connectivity index (χ2v) is 4.07. The molecule has 0 unspecified atom stereocenters. The summed E-state index contributed by atoms with van der Waals surface area (Å²) in [6.45, 7) is 8.00. The van der Waals surface area contributed by atoms with Crippen LogP contribution in [0, 0.1) is 0 Å². The summed E-state index contributed by atoms with van der Waals surface area (Å²) in [7, 11) is 0. The molecule has 2 rings (SSSR count). The first-order chi connectivity index (χ1) is 9.22. The Balaban J connectivity index is 2.74. The van der Waals surface area contributed by atoms with E-state index < -0.39 is 0 Å². The lowest BCUT2D eigenvalue weighted by Crippen LogP contribution is -2.14. The minimum Gasteiger partial charge on any atom is -0.423 e. The lowest BCUT2D eigenvalue weighted by molar-refractivity contribution is 0.167. The van der Waals surface area contributed by atoms with Crippen LogP contribution in [0.2, 0.25) is 0 Å². The number of anilines is 2. The van der Waals surface area contributed by atoms with Gasteiger partial charge in [0.15, 0.2) is 11.1 Å². The third-order valence-corrected chi connectivity index (χ3v) is 2.75. The summed E-state index contributed by atoms with van der Waals surface area (Å²) in [5, 5.41) is 16.6. The van der Waals surface area contributed by atoms with Gasteiger partial charge < -0.3 is 20.3 Å². The van der Waals surface area contributed by atoms with Crippen molar-refractivity contribution in [3.8, 4) is 0 Å². The maximum atomic E-state index is 10.2. The van der Waals surface area contributed by atoms with Crippen molar-refractivity contribution >= 4 is 22.5 Å². The van der Waals surface area contributed by atoms with E-state index in [1.807, 2.05) is 32.9 Å². The third-order valence-electron chi connectivity index (χ3n) is 2.75. The topological polar surface area (TPSA) is 74.7 Å². The van der Waals surface area contributed by atoms with Crippen LogP contribution in [0.5, 0.6) is 0 Å². The minimum absolute atomic E-state index is 0.210. The van der Waals surface area contributed by atoms with Crippen molar-refractivity contribution in [2.75, 3.05) is 30.3 Å². The van der Waals surface area contributed by atoms with Crippen LogP contribution in [0.15, 0.2) is 21.5 Å². The van der Waals surface area contributed by atoms with Crippen LogP contribution in [-0.4, -0.2) is 29.6 Å². The second-order valence-electron chi connectivity index (χ2n) is 4.07. The van der Waals surface area contributed by atoms with Crippen molar-refractivity contribution in [1.29, 1.82) is 0 Å². The normalized spacial score (nSPS) is 12.1. The maximum Gasteiger partial charge on any atom is 0.331 e. The summed E-state index contributed by atoms with van der Waals surface area (Å²) in [5.74, 6) is 0. The number of benzene rings is 1. The summed E-state index contributed by atoms with van der Waals surface area (Å²) in [4.78, 5) is 4.14. The molecule has 6 heteroatoms. The molecule has 0 spiro atoms. The third kappa shape index (κ3) is 2.38. The predicted molar refractivity (Wildman–Crippen MR) is 75.8 cm³/mol. The number of aromatic nitrogens is 1. The highest BCUT2D eigenvalue weighted by molar-refractivity contribution is 5.95. The van der Waals surface area contributed by atoms with Gasteiger partial charge in [0.1, 0.15) is 0 Å². The molecule has 19 heavy (non-hydrogen) atoms. The van der Waals surface area contributed by atoms with Crippen LogP contribution < -0.4 is 16.3 Å². The number of rotatable bonds is 5. The lowest BCUT2D eigenvalue weighted by atomic mass is 10.2. The fourth-order valence-electron chi connectivity index (χ4n) is 2.01. The van der Waals surface area contributed by atoms with Crippen molar-refractivity contribution in [2.45, 2.75) is 20.8 Å². The summed E-state index contributed by atoms with van der Waals surface area (Å²) in [6.07, 6.45) is 0. The Morgan fingerprint density at radius 3 is 2.42 bits per heavy atom. The number of nitrogens with one attached hydrogen (secondary N) is 2. The van der Waals surface area contributed by atoms with Gasteiger partial charge in [-0.15, -0.1) is 4.73 Å². The first-order valence-electron chi connectivity index (χ1n) is 6.58. The molecular weight excluding hydrogens is 244 g/mol. The van der Waals surface area contributed by atoms with Gasteiger partial charge in [-0.2, -0.15) is 0 Å². The summed E-state index contributed by atoms with van der Waals surface area (Å²) >= 11 is 0. The Morgan fingerprint density at radius 2 is 1.79 bits per heavy atom. The van der Waals surface area contributed by atoms with Gasteiger partial charge in [-0.25, -0.2) is 4.99 Å². The molecule has 0 aliphatic carbocycles. The molecule has 0 atom stereocenters. The molecule has 1 aromatic heterocycles. The monoisotopic (exact) mass is 264 g/mol. The molecule has 0 saturated carbocycles. The van der Waals surface area contributed by atoms with E-state index in [1.165, 1.54) is 0 Å². The molecular formula is C13H20N4O2. The molecule has 0 radical (unpaired) electrons.